The third-order valence-corrected chi connectivity index (χ3v) is 2.94. The van der Waals surface area contributed by atoms with Crippen molar-refractivity contribution in [2.75, 3.05) is 0 Å². The molecule has 0 aliphatic rings. The molecule has 2 N–H and O–H groups in total. The zero-order valence-electron chi connectivity index (χ0n) is 10.6. The Morgan fingerprint density at radius 3 is 2.67 bits per heavy atom. The van der Waals surface area contributed by atoms with Crippen molar-refractivity contribution in [2.24, 2.45) is 0 Å². The van der Waals surface area contributed by atoms with Gasteiger partial charge in [-0.05, 0) is 18.1 Å². The van der Waals surface area contributed by atoms with Crippen molar-refractivity contribution < 1.29 is 5.11 Å². The topological polar surface area (TPSA) is 50.1 Å². The lowest BCUT2D eigenvalue weighted by atomic mass is 10.1. The van der Waals surface area contributed by atoms with Crippen molar-refractivity contribution in [3.63, 3.8) is 0 Å². The summed E-state index contributed by atoms with van der Waals surface area (Å²) >= 11 is 0. The second-order valence-corrected chi connectivity index (χ2v) is 4.23. The SMILES string of the molecule is CCn1cc(CNCc2ccccc2CO)cn1. The van der Waals surface area contributed by atoms with E-state index in [2.05, 4.69) is 17.3 Å². The minimum Gasteiger partial charge on any atom is -0.392 e. The molecule has 0 spiro atoms. The molecule has 96 valence electrons. The van der Waals surface area contributed by atoms with Crippen molar-refractivity contribution >= 4 is 0 Å². The molecule has 0 amide bonds. The standard InChI is InChI=1S/C14H19N3O/c1-2-17-10-12(8-16-17)7-15-9-13-5-3-4-6-14(13)11-18/h3-6,8,10,15,18H,2,7,9,11H2,1H3. The molecular weight excluding hydrogens is 226 g/mol. The molecule has 1 heterocycles. The molecule has 0 saturated heterocycles. The van der Waals surface area contributed by atoms with Crippen LogP contribution in [0.15, 0.2) is 36.7 Å². The first-order chi connectivity index (χ1) is 8.83. The highest BCUT2D eigenvalue weighted by Gasteiger charge is 2.01. The molecular formula is C14H19N3O. The molecule has 1 aromatic heterocycles. The zero-order chi connectivity index (χ0) is 12.8. The van der Waals surface area contributed by atoms with E-state index >= 15 is 0 Å². The second kappa shape index (κ2) is 6.33. The predicted molar refractivity (Wildman–Crippen MR) is 70.8 cm³/mol. The van der Waals surface area contributed by atoms with Crippen molar-refractivity contribution in [1.82, 2.24) is 15.1 Å². The molecule has 0 saturated carbocycles. The molecule has 4 heteroatoms. The van der Waals surface area contributed by atoms with Gasteiger partial charge in [-0.15, -0.1) is 0 Å². The van der Waals surface area contributed by atoms with Gasteiger partial charge in [-0.25, -0.2) is 0 Å². The van der Waals surface area contributed by atoms with Crippen molar-refractivity contribution in [3.8, 4) is 0 Å². The molecule has 2 aromatic rings. The van der Waals surface area contributed by atoms with Crippen LogP contribution in [-0.4, -0.2) is 14.9 Å². The van der Waals surface area contributed by atoms with E-state index in [4.69, 9.17) is 0 Å². The first-order valence-electron chi connectivity index (χ1n) is 6.23. The number of benzene rings is 1. The van der Waals surface area contributed by atoms with Gasteiger partial charge < -0.3 is 10.4 Å². The average Bonchev–Trinajstić information content (AvgIpc) is 2.87. The Morgan fingerprint density at radius 2 is 2.00 bits per heavy atom. The highest BCUT2D eigenvalue weighted by atomic mass is 16.3. The molecule has 1 aromatic carbocycles. The summed E-state index contributed by atoms with van der Waals surface area (Å²) in [5, 5.41) is 16.8. The number of aryl methyl sites for hydroxylation is 1. The van der Waals surface area contributed by atoms with E-state index < -0.39 is 0 Å². The molecule has 0 bridgehead atoms. The van der Waals surface area contributed by atoms with Crippen LogP contribution in [0, 0.1) is 0 Å². The zero-order valence-corrected chi connectivity index (χ0v) is 10.6. The Bertz CT molecular complexity index is 493. The maximum Gasteiger partial charge on any atom is 0.0685 e. The summed E-state index contributed by atoms with van der Waals surface area (Å²) in [6.07, 6.45) is 3.93. The van der Waals surface area contributed by atoms with Gasteiger partial charge in [0.05, 0.1) is 12.8 Å². The van der Waals surface area contributed by atoms with E-state index in [0.717, 1.165) is 30.8 Å². The first-order valence-corrected chi connectivity index (χ1v) is 6.23. The number of aliphatic hydroxyl groups is 1. The number of hydrogen-bond acceptors (Lipinski definition) is 3. The van der Waals surface area contributed by atoms with Crippen molar-refractivity contribution in [3.05, 3.63) is 53.3 Å². The molecule has 0 atom stereocenters. The minimum absolute atomic E-state index is 0.0889. The highest BCUT2D eigenvalue weighted by Crippen LogP contribution is 2.08. The molecule has 2 rings (SSSR count). The first kappa shape index (κ1) is 12.8. The summed E-state index contributed by atoms with van der Waals surface area (Å²) in [6.45, 7) is 4.61. The van der Waals surface area contributed by atoms with Crippen LogP contribution in [-0.2, 0) is 26.2 Å². The van der Waals surface area contributed by atoms with E-state index in [1.807, 2.05) is 41.3 Å². The van der Waals surface area contributed by atoms with Gasteiger partial charge in [0, 0.05) is 31.4 Å². The molecule has 0 unspecified atom stereocenters. The fourth-order valence-corrected chi connectivity index (χ4v) is 1.90. The highest BCUT2D eigenvalue weighted by molar-refractivity contribution is 5.26. The Hall–Kier alpha value is -1.65. The molecule has 0 fully saturated rings. The molecule has 0 aliphatic heterocycles. The lowest BCUT2D eigenvalue weighted by Crippen LogP contribution is -2.13. The number of nitrogens with one attached hydrogen (secondary N) is 1. The van der Waals surface area contributed by atoms with Crippen LogP contribution >= 0.6 is 0 Å². The maximum absolute atomic E-state index is 9.23. The van der Waals surface area contributed by atoms with Crippen molar-refractivity contribution in [2.45, 2.75) is 33.2 Å². The number of aromatic nitrogens is 2. The molecule has 18 heavy (non-hydrogen) atoms. The van der Waals surface area contributed by atoms with Gasteiger partial charge in [0.2, 0.25) is 0 Å². The Labute approximate surface area is 107 Å². The largest absolute Gasteiger partial charge is 0.392 e. The smallest absolute Gasteiger partial charge is 0.0685 e. The van der Waals surface area contributed by atoms with Crippen LogP contribution in [0.3, 0.4) is 0 Å². The lowest BCUT2D eigenvalue weighted by molar-refractivity contribution is 0.280. The van der Waals surface area contributed by atoms with Gasteiger partial charge in [-0.2, -0.15) is 5.10 Å². The number of rotatable bonds is 6. The minimum atomic E-state index is 0.0889. The third kappa shape index (κ3) is 3.18. The summed E-state index contributed by atoms with van der Waals surface area (Å²) in [7, 11) is 0. The number of nitrogens with zero attached hydrogens (tertiary/aromatic N) is 2. The summed E-state index contributed by atoms with van der Waals surface area (Å²) in [5.41, 5.74) is 3.30. The summed E-state index contributed by atoms with van der Waals surface area (Å²) < 4.78 is 1.92. The average molecular weight is 245 g/mol. The summed E-state index contributed by atoms with van der Waals surface area (Å²) in [4.78, 5) is 0. The van der Waals surface area contributed by atoms with Crippen LogP contribution < -0.4 is 5.32 Å². The van der Waals surface area contributed by atoms with Crippen LogP contribution in [0.2, 0.25) is 0 Å². The van der Waals surface area contributed by atoms with E-state index in [0.29, 0.717) is 0 Å². The molecule has 4 nitrogen and oxygen atoms in total. The monoisotopic (exact) mass is 245 g/mol. The quantitative estimate of drug-likeness (QED) is 0.814. The number of hydrogen-bond donors (Lipinski definition) is 2. The second-order valence-electron chi connectivity index (χ2n) is 4.23. The van der Waals surface area contributed by atoms with Gasteiger partial charge in [-0.1, -0.05) is 24.3 Å². The van der Waals surface area contributed by atoms with E-state index in [1.54, 1.807) is 0 Å². The van der Waals surface area contributed by atoms with Gasteiger partial charge in [0.25, 0.3) is 0 Å². The molecule has 0 aliphatic carbocycles. The lowest BCUT2D eigenvalue weighted by Gasteiger charge is -2.07. The van der Waals surface area contributed by atoms with E-state index in [-0.39, 0.29) is 6.61 Å². The maximum atomic E-state index is 9.23. The van der Waals surface area contributed by atoms with Gasteiger partial charge in [0.1, 0.15) is 0 Å². The van der Waals surface area contributed by atoms with Gasteiger partial charge in [0.15, 0.2) is 0 Å². The van der Waals surface area contributed by atoms with E-state index in [1.165, 1.54) is 5.56 Å². The number of aliphatic hydroxyl groups excluding tert-OH is 1. The van der Waals surface area contributed by atoms with Crippen LogP contribution in [0.5, 0.6) is 0 Å². The fourth-order valence-electron chi connectivity index (χ4n) is 1.90. The summed E-state index contributed by atoms with van der Waals surface area (Å²) in [5.74, 6) is 0. The Balaban J connectivity index is 1.88. The van der Waals surface area contributed by atoms with Crippen molar-refractivity contribution in [1.29, 1.82) is 0 Å². The Kier molecular flexibility index (Phi) is 4.50. The third-order valence-electron chi connectivity index (χ3n) is 2.94. The van der Waals surface area contributed by atoms with E-state index in [9.17, 15) is 5.11 Å². The normalized spacial score (nSPS) is 10.8. The van der Waals surface area contributed by atoms with Crippen LogP contribution in [0.4, 0.5) is 0 Å². The predicted octanol–water partition coefficient (Wildman–Crippen LogP) is 1.69. The fraction of sp³-hybridized carbons (Fsp3) is 0.357. The summed E-state index contributed by atoms with van der Waals surface area (Å²) in [6, 6.07) is 7.92. The molecule has 0 radical (unpaired) electrons. The van der Waals surface area contributed by atoms with Crippen LogP contribution in [0.25, 0.3) is 0 Å². The van der Waals surface area contributed by atoms with Gasteiger partial charge >= 0.3 is 0 Å². The van der Waals surface area contributed by atoms with Crippen LogP contribution in [0.1, 0.15) is 23.6 Å². The van der Waals surface area contributed by atoms with Gasteiger partial charge in [-0.3, -0.25) is 4.68 Å². The Morgan fingerprint density at radius 1 is 1.22 bits per heavy atom.